The topological polar surface area (TPSA) is 52.1 Å². The standard InChI is InChI=1S/2C4H5NO.2C2H6/c1-4-2-5-3-6-4;1-4-5-2-3-6-4;2*1-2/h2*2-3H,1H3;2*1-2H3. The molecule has 92 valence electrons. The van der Waals surface area contributed by atoms with Crippen molar-refractivity contribution in [3.8, 4) is 0 Å². The van der Waals surface area contributed by atoms with Gasteiger partial charge in [-0.25, -0.2) is 9.97 Å². The lowest BCUT2D eigenvalue weighted by atomic mass is 10.6. The summed E-state index contributed by atoms with van der Waals surface area (Å²) < 4.78 is 9.44. The maximum atomic E-state index is 4.72. The molecule has 0 saturated heterocycles. The Bertz CT molecular complexity index is 256. The SMILES string of the molecule is CC.CC.Cc1cnco1.Cc1ncco1. The van der Waals surface area contributed by atoms with Gasteiger partial charge >= 0.3 is 0 Å². The maximum absolute atomic E-state index is 4.72. The minimum Gasteiger partial charge on any atom is -0.449 e. The highest BCUT2D eigenvalue weighted by atomic mass is 16.3. The first-order valence-electron chi connectivity index (χ1n) is 5.50. The van der Waals surface area contributed by atoms with Crippen LogP contribution < -0.4 is 0 Å². The third-order valence-electron chi connectivity index (χ3n) is 1.11. The molecule has 2 aromatic rings. The van der Waals surface area contributed by atoms with Gasteiger partial charge in [0.2, 0.25) is 0 Å². The Morgan fingerprint density at radius 2 is 1.62 bits per heavy atom. The molecule has 0 aliphatic rings. The smallest absolute Gasteiger partial charge is 0.190 e. The van der Waals surface area contributed by atoms with Crippen LogP contribution in [-0.2, 0) is 0 Å². The number of hydrogen-bond acceptors (Lipinski definition) is 4. The molecule has 4 heteroatoms. The molecule has 0 atom stereocenters. The van der Waals surface area contributed by atoms with Crippen LogP contribution >= 0.6 is 0 Å². The van der Waals surface area contributed by atoms with E-state index in [1.807, 2.05) is 34.6 Å². The summed E-state index contributed by atoms with van der Waals surface area (Å²) in [7, 11) is 0. The third-order valence-corrected chi connectivity index (χ3v) is 1.11. The number of aromatic nitrogens is 2. The summed E-state index contributed by atoms with van der Waals surface area (Å²) in [6.45, 7) is 11.7. The normalized spacial score (nSPS) is 7.38. The lowest BCUT2D eigenvalue weighted by Gasteiger charge is -1.67. The van der Waals surface area contributed by atoms with Gasteiger partial charge in [-0.15, -0.1) is 0 Å². The summed E-state index contributed by atoms with van der Waals surface area (Å²) in [6, 6.07) is 0. The molecule has 0 spiro atoms. The van der Waals surface area contributed by atoms with Crippen LogP contribution in [0.25, 0.3) is 0 Å². The molecular formula is C12H22N2O2. The molecule has 16 heavy (non-hydrogen) atoms. The van der Waals surface area contributed by atoms with Crippen molar-refractivity contribution in [3.63, 3.8) is 0 Å². The number of nitrogens with zero attached hydrogens (tertiary/aromatic N) is 2. The fraction of sp³-hybridized carbons (Fsp3) is 0.500. The molecule has 0 radical (unpaired) electrons. The van der Waals surface area contributed by atoms with E-state index in [0.717, 1.165) is 11.7 Å². The van der Waals surface area contributed by atoms with Crippen molar-refractivity contribution < 1.29 is 8.83 Å². The molecule has 0 aliphatic heterocycles. The second-order valence-electron chi connectivity index (χ2n) is 2.16. The van der Waals surface area contributed by atoms with Gasteiger partial charge in [0, 0.05) is 6.92 Å². The van der Waals surface area contributed by atoms with Crippen LogP contribution in [0.3, 0.4) is 0 Å². The highest BCUT2D eigenvalue weighted by Gasteiger charge is 1.77. The fourth-order valence-electron chi connectivity index (χ4n) is 0.574. The van der Waals surface area contributed by atoms with Crippen molar-refractivity contribution in [2.24, 2.45) is 0 Å². The van der Waals surface area contributed by atoms with Gasteiger partial charge in [-0.3, -0.25) is 0 Å². The Balaban J connectivity index is 0. The van der Waals surface area contributed by atoms with Crippen LogP contribution in [0.5, 0.6) is 0 Å². The van der Waals surface area contributed by atoms with E-state index in [1.165, 1.54) is 6.39 Å². The summed E-state index contributed by atoms with van der Waals surface area (Å²) in [5.74, 6) is 1.57. The third kappa shape index (κ3) is 10.5. The van der Waals surface area contributed by atoms with E-state index in [1.54, 1.807) is 25.6 Å². The van der Waals surface area contributed by atoms with Crippen molar-refractivity contribution in [2.45, 2.75) is 41.5 Å². The minimum absolute atomic E-state index is 0.718. The van der Waals surface area contributed by atoms with Crippen LogP contribution in [0.1, 0.15) is 39.3 Å². The molecule has 0 aliphatic carbocycles. The molecule has 0 N–H and O–H groups in total. The summed E-state index contributed by atoms with van der Waals surface area (Å²) >= 11 is 0. The van der Waals surface area contributed by atoms with E-state index in [9.17, 15) is 0 Å². The molecular weight excluding hydrogens is 204 g/mol. The van der Waals surface area contributed by atoms with Crippen LogP contribution in [0.4, 0.5) is 0 Å². The zero-order valence-corrected chi connectivity index (χ0v) is 11.0. The molecule has 0 aromatic carbocycles. The first-order valence-corrected chi connectivity index (χ1v) is 5.50. The zero-order chi connectivity index (χ0) is 12.8. The van der Waals surface area contributed by atoms with Crippen molar-refractivity contribution >= 4 is 0 Å². The minimum atomic E-state index is 0.718. The summed E-state index contributed by atoms with van der Waals surface area (Å²) in [5, 5.41) is 0. The first-order chi connectivity index (χ1) is 7.79. The van der Waals surface area contributed by atoms with Gasteiger partial charge in [0.25, 0.3) is 0 Å². The first kappa shape index (κ1) is 16.8. The van der Waals surface area contributed by atoms with Crippen LogP contribution in [0.15, 0.2) is 33.9 Å². The van der Waals surface area contributed by atoms with Gasteiger partial charge in [0.1, 0.15) is 12.0 Å². The fourth-order valence-corrected chi connectivity index (χ4v) is 0.574. The van der Waals surface area contributed by atoms with E-state index in [4.69, 9.17) is 8.83 Å². The highest BCUT2D eigenvalue weighted by Crippen LogP contribution is 1.88. The quantitative estimate of drug-likeness (QED) is 0.680. The van der Waals surface area contributed by atoms with Crippen molar-refractivity contribution in [1.29, 1.82) is 0 Å². The van der Waals surface area contributed by atoms with Crippen LogP contribution in [0.2, 0.25) is 0 Å². The largest absolute Gasteiger partial charge is 0.449 e. The second-order valence-corrected chi connectivity index (χ2v) is 2.16. The van der Waals surface area contributed by atoms with Crippen molar-refractivity contribution in [1.82, 2.24) is 9.97 Å². The van der Waals surface area contributed by atoms with E-state index < -0.39 is 0 Å². The van der Waals surface area contributed by atoms with Gasteiger partial charge in [0.15, 0.2) is 12.3 Å². The monoisotopic (exact) mass is 226 g/mol. The van der Waals surface area contributed by atoms with Crippen molar-refractivity contribution in [2.75, 3.05) is 0 Å². The molecule has 0 fully saturated rings. The number of hydrogen-bond donors (Lipinski definition) is 0. The summed E-state index contributed by atoms with van der Waals surface area (Å²) in [5.41, 5.74) is 0. The van der Waals surface area contributed by atoms with E-state index in [0.29, 0.717) is 0 Å². The lowest BCUT2D eigenvalue weighted by molar-refractivity contribution is 0.521. The van der Waals surface area contributed by atoms with Crippen molar-refractivity contribution in [3.05, 3.63) is 36.7 Å². The molecule has 0 unspecified atom stereocenters. The number of oxazole rings is 2. The molecule has 0 bridgehead atoms. The van der Waals surface area contributed by atoms with Gasteiger partial charge in [-0.2, -0.15) is 0 Å². The molecule has 2 aromatic heterocycles. The molecule has 2 rings (SSSR count). The maximum Gasteiger partial charge on any atom is 0.190 e. The van der Waals surface area contributed by atoms with E-state index in [2.05, 4.69) is 9.97 Å². The Morgan fingerprint density at radius 1 is 1.00 bits per heavy atom. The van der Waals surface area contributed by atoms with Gasteiger partial charge in [-0.05, 0) is 6.92 Å². The Kier molecular flexibility index (Phi) is 14.1. The van der Waals surface area contributed by atoms with Gasteiger partial charge in [-0.1, -0.05) is 27.7 Å². The Hall–Kier alpha value is -1.58. The molecule has 0 amide bonds. The Morgan fingerprint density at radius 3 is 1.75 bits per heavy atom. The molecule has 4 nitrogen and oxygen atoms in total. The molecule has 2 heterocycles. The Labute approximate surface area is 97.7 Å². The zero-order valence-electron chi connectivity index (χ0n) is 11.0. The average Bonchev–Trinajstić information content (AvgIpc) is 2.98. The van der Waals surface area contributed by atoms with Gasteiger partial charge in [0.05, 0.1) is 12.4 Å². The van der Waals surface area contributed by atoms with Gasteiger partial charge < -0.3 is 8.83 Å². The van der Waals surface area contributed by atoms with Crippen LogP contribution in [0, 0.1) is 13.8 Å². The number of rotatable bonds is 0. The van der Waals surface area contributed by atoms with E-state index in [-0.39, 0.29) is 0 Å². The predicted octanol–water partition coefficient (Wildman–Crippen LogP) is 4.02. The van der Waals surface area contributed by atoms with E-state index >= 15 is 0 Å². The van der Waals surface area contributed by atoms with Crippen LogP contribution in [-0.4, -0.2) is 9.97 Å². The average molecular weight is 226 g/mol. The number of aryl methyl sites for hydroxylation is 2. The highest BCUT2D eigenvalue weighted by molar-refractivity contribution is 4.81. The summed E-state index contributed by atoms with van der Waals surface area (Å²) in [6.07, 6.45) is 6.25. The predicted molar refractivity (Wildman–Crippen MR) is 65.2 cm³/mol. The second kappa shape index (κ2) is 13.4. The molecule has 0 saturated carbocycles. The summed E-state index contributed by atoms with van der Waals surface area (Å²) in [4.78, 5) is 7.41. The lowest BCUT2D eigenvalue weighted by Crippen LogP contribution is -1.59.